The van der Waals surface area contributed by atoms with Crippen LogP contribution in [-0.4, -0.2) is 44.2 Å². The largest absolute Gasteiger partial charge is 0.497 e. The van der Waals surface area contributed by atoms with Crippen molar-refractivity contribution in [2.24, 2.45) is 0 Å². The SMILES string of the molecule is COc1cccc(-c2cc3c(n(Cc4ccccn4)c2=O)CCN(C(=O)c2cn[nH]c2)C3)c1. The van der Waals surface area contributed by atoms with E-state index in [9.17, 15) is 9.59 Å². The molecule has 4 aromatic rings. The van der Waals surface area contributed by atoms with Crippen LogP contribution in [0.25, 0.3) is 11.1 Å². The van der Waals surface area contributed by atoms with Crippen LogP contribution >= 0.6 is 0 Å². The standard InChI is InChI=1S/C25H23N5O3/c1-33-21-7-4-5-17(11-21)22-12-18-15-29(24(31)19-13-27-28-14-19)10-8-23(18)30(25(22)32)16-20-6-2-3-9-26-20/h2-7,9,11-14H,8,10,15-16H2,1H3,(H,27,28). The summed E-state index contributed by atoms with van der Waals surface area (Å²) < 4.78 is 7.16. The van der Waals surface area contributed by atoms with E-state index in [0.717, 1.165) is 22.5 Å². The Kier molecular flexibility index (Phi) is 5.48. The summed E-state index contributed by atoms with van der Waals surface area (Å²) in [5.74, 6) is 0.595. The first-order valence-corrected chi connectivity index (χ1v) is 10.7. The minimum Gasteiger partial charge on any atom is -0.497 e. The van der Waals surface area contributed by atoms with Gasteiger partial charge < -0.3 is 14.2 Å². The molecule has 1 aliphatic rings. The van der Waals surface area contributed by atoms with E-state index in [1.807, 2.05) is 48.5 Å². The van der Waals surface area contributed by atoms with Gasteiger partial charge in [0.1, 0.15) is 5.75 Å². The van der Waals surface area contributed by atoms with Crippen LogP contribution < -0.4 is 10.3 Å². The molecule has 3 aromatic heterocycles. The number of methoxy groups -OCH3 is 1. The number of aromatic nitrogens is 4. The van der Waals surface area contributed by atoms with Crippen LogP contribution in [0.5, 0.6) is 5.75 Å². The minimum absolute atomic E-state index is 0.0812. The van der Waals surface area contributed by atoms with Crippen molar-refractivity contribution in [2.75, 3.05) is 13.7 Å². The topological polar surface area (TPSA) is 93.1 Å². The summed E-state index contributed by atoms with van der Waals surface area (Å²) in [7, 11) is 1.60. The highest BCUT2D eigenvalue weighted by atomic mass is 16.5. The molecule has 33 heavy (non-hydrogen) atoms. The van der Waals surface area contributed by atoms with E-state index in [2.05, 4.69) is 15.2 Å². The van der Waals surface area contributed by atoms with E-state index in [1.165, 1.54) is 6.20 Å². The van der Waals surface area contributed by atoms with E-state index < -0.39 is 0 Å². The number of pyridine rings is 2. The highest BCUT2D eigenvalue weighted by Crippen LogP contribution is 2.27. The molecule has 0 spiro atoms. The summed E-state index contributed by atoms with van der Waals surface area (Å²) in [5, 5.41) is 6.58. The number of hydrogen-bond donors (Lipinski definition) is 1. The van der Waals surface area contributed by atoms with Gasteiger partial charge in [-0.1, -0.05) is 18.2 Å². The molecule has 8 heteroatoms. The maximum Gasteiger partial charge on any atom is 0.259 e. The van der Waals surface area contributed by atoms with Gasteiger partial charge in [-0.15, -0.1) is 0 Å². The molecule has 0 saturated carbocycles. The molecular formula is C25H23N5O3. The zero-order valence-corrected chi connectivity index (χ0v) is 18.2. The van der Waals surface area contributed by atoms with Crippen molar-refractivity contribution in [1.82, 2.24) is 24.6 Å². The molecule has 0 radical (unpaired) electrons. The molecule has 0 fully saturated rings. The van der Waals surface area contributed by atoms with Gasteiger partial charge in [0.05, 0.1) is 31.1 Å². The fourth-order valence-electron chi connectivity index (χ4n) is 4.26. The number of amides is 1. The lowest BCUT2D eigenvalue weighted by Gasteiger charge is -2.31. The van der Waals surface area contributed by atoms with Gasteiger partial charge in [-0.25, -0.2) is 0 Å². The zero-order chi connectivity index (χ0) is 22.8. The first-order valence-electron chi connectivity index (χ1n) is 10.7. The Morgan fingerprint density at radius 1 is 1.18 bits per heavy atom. The molecule has 0 unspecified atom stereocenters. The molecule has 0 saturated heterocycles. The Bertz CT molecular complexity index is 1350. The Balaban J connectivity index is 1.61. The number of benzene rings is 1. The Morgan fingerprint density at radius 2 is 2.09 bits per heavy atom. The third kappa shape index (κ3) is 4.03. The van der Waals surface area contributed by atoms with Gasteiger partial charge in [0, 0.05) is 43.2 Å². The zero-order valence-electron chi connectivity index (χ0n) is 18.2. The van der Waals surface area contributed by atoms with Gasteiger partial charge in [0.15, 0.2) is 0 Å². The lowest BCUT2D eigenvalue weighted by atomic mass is 9.98. The first-order chi connectivity index (χ1) is 16.1. The van der Waals surface area contributed by atoms with E-state index in [1.54, 1.807) is 29.0 Å². The summed E-state index contributed by atoms with van der Waals surface area (Å²) in [4.78, 5) is 32.8. The number of fused-ring (bicyclic) bond motifs is 1. The number of carbonyl (C=O) groups excluding carboxylic acids is 1. The molecule has 1 N–H and O–H groups in total. The predicted octanol–water partition coefficient (Wildman–Crippen LogP) is 2.89. The lowest BCUT2D eigenvalue weighted by Crippen LogP contribution is -2.39. The highest BCUT2D eigenvalue weighted by Gasteiger charge is 2.26. The molecule has 0 atom stereocenters. The van der Waals surface area contributed by atoms with E-state index in [4.69, 9.17) is 4.74 Å². The third-order valence-corrected chi connectivity index (χ3v) is 5.93. The Labute approximate surface area is 190 Å². The third-order valence-electron chi connectivity index (χ3n) is 5.93. The molecule has 0 bridgehead atoms. The molecular weight excluding hydrogens is 418 g/mol. The summed E-state index contributed by atoms with van der Waals surface area (Å²) in [6, 6.07) is 15.1. The fourth-order valence-corrected chi connectivity index (χ4v) is 4.26. The van der Waals surface area contributed by atoms with E-state index in [-0.39, 0.29) is 11.5 Å². The Morgan fingerprint density at radius 3 is 2.85 bits per heavy atom. The molecule has 0 aliphatic carbocycles. The van der Waals surface area contributed by atoms with E-state index in [0.29, 0.717) is 42.9 Å². The lowest BCUT2D eigenvalue weighted by molar-refractivity contribution is 0.0732. The van der Waals surface area contributed by atoms with Gasteiger partial charge in [-0.2, -0.15) is 5.10 Å². The summed E-state index contributed by atoms with van der Waals surface area (Å²) in [5.41, 5.74) is 4.48. The highest BCUT2D eigenvalue weighted by molar-refractivity contribution is 5.93. The van der Waals surface area contributed by atoms with Gasteiger partial charge in [0.2, 0.25) is 0 Å². The van der Waals surface area contributed by atoms with Crippen LogP contribution in [0.1, 0.15) is 27.3 Å². The van der Waals surface area contributed by atoms with Crippen molar-refractivity contribution in [3.63, 3.8) is 0 Å². The first kappa shape index (κ1) is 20.7. The van der Waals surface area contributed by atoms with Crippen LogP contribution in [0.3, 0.4) is 0 Å². The second kappa shape index (κ2) is 8.74. The van der Waals surface area contributed by atoms with Crippen molar-refractivity contribution in [2.45, 2.75) is 19.5 Å². The molecule has 5 rings (SSSR count). The molecule has 1 amide bonds. The van der Waals surface area contributed by atoms with Gasteiger partial charge in [-0.3, -0.25) is 19.7 Å². The average Bonchev–Trinajstić information content (AvgIpc) is 3.40. The number of rotatable bonds is 5. The number of hydrogen-bond acceptors (Lipinski definition) is 5. The maximum atomic E-state index is 13.6. The van der Waals surface area contributed by atoms with Crippen LogP contribution in [0.2, 0.25) is 0 Å². The quantitative estimate of drug-likeness (QED) is 0.514. The summed E-state index contributed by atoms with van der Waals surface area (Å²) in [6.07, 6.45) is 5.44. The van der Waals surface area contributed by atoms with Crippen molar-refractivity contribution >= 4 is 5.91 Å². The normalized spacial score (nSPS) is 12.9. The van der Waals surface area contributed by atoms with Crippen molar-refractivity contribution in [3.05, 3.63) is 100.0 Å². The van der Waals surface area contributed by atoms with Gasteiger partial charge in [-0.05, 0) is 41.5 Å². The van der Waals surface area contributed by atoms with Crippen molar-refractivity contribution < 1.29 is 9.53 Å². The van der Waals surface area contributed by atoms with Gasteiger partial charge in [0.25, 0.3) is 11.5 Å². The molecule has 1 aromatic carbocycles. The maximum absolute atomic E-state index is 13.6. The molecule has 166 valence electrons. The summed E-state index contributed by atoms with van der Waals surface area (Å²) >= 11 is 0. The summed E-state index contributed by atoms with van der Waals surface area (Å²) in [6.45, 7) is 1.31. The van der Waals surface area contributed by atoms with Crippen LogP contribution in [0.4, 0.5) is 0 Å². The second-order valence-corrected chi connectivity index (χ2v) is 7.94. The number of aromatic amines is 1. The number of nitrogens with zero attached hydrogens (tertiary/aromatic N) is 4. The molecule has 4 heterocycles. The van der Waals surface area contributed by atoms with Crippen LogP contribution in [0.15, 0.2) is 71.9 Å². The fraction of sp³-hybridized carbons (Fsp3) is 0.200. The van der Waals surface area contributed by atoms with Gasteiger partial charge >= 0.3 is 0 Å². The van der Waals surface area contributed by atoms with Crippen molar-refractivity contribution in [3.8, 4) is 16.9 Å². The minimum atomic E-state index is -0.0835. The molecule has 1 aliphatic heterocycles. The number of ether oxygens (including phenoxy) is 1. The van der Waals surface area contributed by atoms with Crippen LogP contribution in [-0.2, 0) is 19.5 Å². The van der Waals surface area contributed by atoms with Crippen LogP contribution in [0, 0.1) is 0 Å². The van der Waals surface area contributed by atoms with Crippen molar-refractivity contribution in [1.29, 1.82) is 0 Å². The second-order valence-electron chi connectivity index (χ2n) is 7.94. The Hall–Kier alpha value is -4.20. The van der Waals surface area contributed by atoms with E-state index >= 15 is 0 Å². The smallest absolute Gasteiger partial charge is 0.259 e. The number of H-pyrrole nitrogens is 1. The number of nitrogens with one attached hydrogen (secondary N) is 1. The number of carbonyl (C=O) groups is 1. The predicted molar refractivity (Wildman–Crippen MR) is 123 cm³/mol. The molecule has 8 nitrogen and oxygen atoms in total. The average molecular weight is 441 g/mol. The monoisotopic (exact) mass is 441 g/mol.